The number of alkyl halides is 3. The first-order valence-corrected chi connectivity index (χ1v) is 9.33. The average molecular weight is 381 g/mol. The molecule has 1 aromatic rings. The van der Waals surface area contributed by atoms with E-state index in [9.17, 15) is 13.2 Å². The van der Waals surface area contributed by atoms with Crippen LogP contribution in [0.1, 0.15) is 51.0 Å². The number of aromatic nitrogens is 2. The monoisotopic (exact) mass is 381 g/mol. The molecule has 5 nitrogen and oxygen atoms in total. The molecule has 148 valence electrons. The van der Waals surface area contributed by atoms with E-state index in [0.717, 1.165) is 37.3 Å². The second-order valence-corrected chi connectivity index (χ2v) is 7.46. The first-order valence-electron chi connectivity index (χ1n) is 9.33. The molecule has 2 heterocycles. The SMILES string of the molecule is CCCc1cc(N2CCCC2C)nc(C2(N)C=CC(N)=C(C(F)(F)F)C2)n1. The van der Waals surface area contributed by atoms with E-state index < -0.39 is 23.7 Å². The molecular weight excluding hydrogens is 355 g/mol. The topological polar surface area (TPSA) is 81.1 Å². The minimum atomic E-state index is -4.53. The van der Waals surface area contributed by atoms with Gasteiger partial charge in [-0.25, -0.2) is 9.97 Å². The number of nitrogens with zero attached hydrogens (tertiary/aromatic N) is 3. The summed E-state index contributed by atoms with van der Waals surface area (Å²) in [4.78, 5) is 11.3. The lowest BCUT2D eigenvalue weighted by Gasteiger charge is -2.32. The van der Waals surface area contributed by atoms with Crippen LogP contribution < -0.4 is 16.4 Å². The van der Waals surface area contributed by atoms with Gasteiger partial charge in [-0.2, -0.15) is 13.2 Å². The van der Waals surface area contributed by atoms with Crippen molar-refractivity contribution in [3.63, 3.8) is 0 Å². The van der Waals surface area contributed by atoms with Gasteiger partial charge in [-0.05, 0) is 32.3 Å². The molecule has 8 heteroatoms. The van der Waals surface area contributed by atoms with Gasteiger partial charge in [0.1, 0.15) is 5.82 Å². The summed E-state index contributed by atoms with van der Waals surface area (Å²) in [6, 6.07) is 2.26. The Morgan fingerprint density at radius 3 is 2.67 bits per heavy atom. The number of halogens is 3. The highest BCUT2D eigenvalue weighted by molar-refractivity contribution is 5.45. The Hall–Kier alpha value is -2.09. The Morgan fingerprint density at radius 2 is 2.07 bits per heavy atom. The van der Waals surface area contributed by atoms with E-state index >= 15 is 0 Å². The highest BCUT2D eigenvalue weighted by atomic mass is 19.4. The Bertz CT molecular complexity index is 771. The van der Waals surface area contributed by atoms with E-state index in [0.29, 0.717) is 12.5 Å². The molecule has 0 aromatic carbocycles. The number of anilines is 1. The largest absolute Gasteiger partial charge is 0.414 e. The van der Waals surface area contributed by atoms with Gasteiger partial charge in [-0.1, -0.05) is 19.4 Å². The second-order valence-electron chi connectivity index (χ2n) is 7.46. The van der Waals surface area contributed by atoms with Gasteiger partial charge in [0.15, 0.2) is 5.82 Å². The molecule has 2 unspecified atom stereocenters. The third-order valence-electron chi connectivity index (χ3n) is 5.26. The van der Waals surface area contributed by atoms with Crippen LogP contribution in [0.5, 0.6) is 0 Å². The first-order chi connectivity index (χ1) is 12.6. The normalized spacial score (nSPS) is 26.1. The van der Waals surface area contributed by atoms with E-state index in [1.807, 2.05) is 13.0 Å². The maximum absolute atomic E-state index is 13.4. The fourth-order valence-corrected chi connectivity index (χ4v) is 3.71. The second kappa shape index (κ2) is 7.14. The minimum absolute atomic E-state index is 0.216. The van der Waals surface area contributed by atoms with Crippen LogP contribution in [0.4, 0.5) is 19.0 Å². The number of rotatable bonds is 4. The molecule has 1 aromatic heterocycles. The van der Waals surface area contributed by atoms with Crippen LogP contribution in [0.3, 0.4) is 0 Å². The number of nitrogens with two attached hydrogens (primary N) is 2. The zero-order valence-electron chi connectivity index (χ0n) is 15.7. The summed E-state index contributed by atoms with van der Waals surface area (Å²) in [7, 11) is 0. The molecule has 0 amide bonds. The van der Waals surface area contributed by atoms with Gasteiger partial charge in [-0.15, -0.1) is 0 Å². The van der Waals surface area contributed by atoms with Crippen molar-refractivity contribution in [1.82, 2.24) is 9.97 Å². The molecule has 2 atom stereocenters. The third-order valence-corrected chi connectivity index (χ3v) is 5.26. The van der Waals surface area contributed by atoms with Crippen LogP contribution in [0.15, 0.2) is 29.5 Å². The Morgan fingerprint density at radius 1 is 1.33 bits per heavy atom. The van der Waals surface area contributed by atoms with Crippen LogP contribution in [-0.4, -0.2) is 28.7 Å². The predicted molar refractivity (Wildman–Crippen MR) is 99.0 cm³/mol. The van der Waals surface area contributed by atoms with Crippen LogP contribution in [0, 0.1) is 0 Å². The van der Waals surface area contributed by atoms with Gasteiger partial charge >= 0.3 is 6.18 Å². The van der Waals surface area contributed by atoms with E-state index in [-0.39, 0.29) is 11.5 Å². The van der Waals surface area contributed by atoms with Crippen molar-refractivity contribution in [3.8, 4) is 0 Å². The van der Waals surface area contributed by atoms with Gasteiger partial charge in [-0.3, -0.25) is 0 Å². The summed E-state index contributed by atoms with van der Waals surface area (Å²) in [5.74, 6) is 0.954. The molecule has 3 rings (SSSR count). The van der Waals surface area contributed by atoms with Gasteiger partial charge in [0.05, 0.1) is 11.1 Å². The summed E-state index contributed by atoms with van der Waals surface area (Å²) in [6.45, 7) is 5.03. The van der Waals surface area contributed by atoms with Gasteiger partial charge in [0.25, 0.3) is 0 Å². The van der Waals surface area contributed by atoms with Crippen molar-refractivity contribution in [2.24, 2.45) is 11.5 Å². The minimum Gasteiger partial charge on any atom is -0.399 e. The summed E-state index contributed by atoms with van der Waals surface area (Å²) < 4.78 is 40.1. The van der Waals surface area contributed by atoms with Crippen molar-refractivity contribution in [2.75, 3.05) is 11.4 Å². The third kappa shape index (κ3) is 3.95. The molecule has 1 aliphatic heterocycles. The molecule has 0 radical (unpaired) electrons. The average Bonchev–Trinajstić information content (AvgIpc) is 3.02. The highest BCUT2D eigenvalue weighted by Gasteiger charge is 2.44. The lowest BCUT2D eigenvalue weighted by Crippen LogP contribution is -2.42. The molecule has 0 bridgehead atoms. The number of hydrogen-bond acceptors (Lipinski definition) is 5. The quantitative estimate of drug-likeness (QED) is 0.836. The smallest absolute Gasteiger partial charge is 0.399 e. The standard InChI is InChI=1S/C19H26F3N5/c1-3-5-13-10-16(27-9-4-6-12(27)2)26-17(25-13)18(24)8-7-15(23)14(11-18)19(20,21)22/h7-8,10,12H,3-6,9,11,23-24H2,1-2H3. The highest BCUT2D eigenvalue weighted by Crippen LogP contribution is 2.39. The van der Waals surface area contributed by atoms with Crippen LogP contribution in [0.2, 0.25) is 0 Å². The van der Waals surface area contributed by atoms with E-state index in [1.165, 1.54) is 12.2 Å². The van der Waals surface area contributed by atoms with Crippen molar-refractivity contribution in [1.29, 1.82) is 0 Å². The molecule has 0 saturated carbocycles. The molecule has 4 N–H and O–H groups in total. The molecule has 0 spiro atoms. The van der Waals surface area contributed by atoms with E-state index in [4.69, 9.17) is 11.5 Å². The zero-order chi connectivity index (χ0) is 19.8. The van der Waals surface area contributed by atoms with Gasteiger partial charge < -0.3 is 16.4 Å². The number of allylic oxidation sites excluding steroid dienone is 1. The Kier molecular flexibility index (Phi) is 5.20. The lowest BCUT2D eigenvalue weighted by molar-refractivity contribution is -0.0964. The predicted octanol–water partition coefficient (Wildman–Crippen LogP) is 3.31. The summed E-state index contributed by atoms with van der Waals surface area (Å²) in [5, 5.41) is 0. The Balaban J connectivity index is 2.03. The van der Waals surface area contributed by atoms with Gasteiger partial charge in [0.2, 0.25) is 0 Å². The number of aryl methyl sites for hydroxylation is 1. The van der Waals surface area contributed by atoms with Crippen LogP contribution >= 0.6 is 0 Å². The summed E-state index contributed by atoms with van der Waals surface area (Å²) in [5.41, 5.74) is 10.2. The summed E-state index contributed by atoms with van der Waals surface area (Å²) >= 11 is 0. The molecule has 1 fully saturated rings. The lowest BCUT2D eigenvalue weighted by atomic mass is 9.85. The van der Waals surface area contributed by atoms with Crippen molar-refractivity contribution in [2.45, 2.75) is 63.7 Å². The van der Waals surface area contributed by atoms with Crippen molar-refractivity contribution < 1.29 is 13.2 Å². The molecule has 2 aliphatic rings. The maximum atomic E-state index is 13.4. The molecule has 1 aliphatic carbocycles. The van der Waals surface area contributed by atoms with Gasteiger partial charge in [0, 0.05) is 36.5 Å². The molecular formula is C19H26F3N5. The van der Waals surface area contributed by atoms with Crippen LogP contribution in [-0.2, 0) is 12.0 Å². The van der Waals surface area contributed by atoms with E-state index in [2.05, 4.69) is 21.8 Å². The maximum Gasteiger partial charge on any atom is 0.414 e. The first kappa shape index (κ1) is 19.7. The Labute approximate surface area is 157 Å². The van der Waals surface area contributed by atoms with Crippen molar-refractivity contribution >= 4 is 5.82 Å². The number of hydrogen-bond donors (Lipinski definition) is 2. The fraction of sp³-hybridized carbons (Fsp3) is 0.579. The zero-order valence-corrected chi connectivity index (χ0v) is 15.7. The van der Waals surface area contributed by atoms with E-state index in [1.54, 1.807) is 0 Å². The summed E-state index contributed by atoms with van der Waals surface area (Å²) in [6.07, 6.45) is 1.42. The van der Waals surface area contributed by atoms with Crippen molar-refractivity contribution in [3.05, 3.63) is 41.0 Å². The van der Waals surface area contributed by atoms with Crippen LogP contribution in [0.25, 0.3) is 0 Å². The fourth-order valence-electron chi connectivity index (χ4n) is 3.71. The molecule has 1 saturated heterocycles. The molecule has 27 heavy (non-hydrogen) atoms.